The number of carbonyl (C=O) groups is 1. The van der Waals surface area contributed by atoms with E-state index < -0.39 is 0 Å². The summed E-state index contributed by atoms with van der Waals surface area (Å²) in [5, 5.41) is 3.05. The van der Waals surface area contributed by atoms with Crippen LogP contribution in [0.5, 0.6) is 0 Å². The van der Waals surface area contributed by atoms with E-state index in [4.69, 9.17) is 0 Å². The molecule has 0 radical (unpaired) electrons. The number of hydrogen-bond acceptors (Lipinski definition) is 4. The molecule has 1 aliphatic heterocycles. The predicted molar refractivity (Wildman–Crippen MR) is 79.4 cm³/mol. The van der Waals surface area contributed by atoms with Crippen molar-refractivity contribution in [2.75, 3.05) is 24.5 Å². The fourth-order valence-corrected chi connectivity index (χ4v) is 2.45. The highest BCUT2D eigenvalue weighted by molar-refractivity contribution is 5.78. The van der Waals surface area contributed by atoms with E-state index in [-0.39, 0.29) is 11.8 Å². The molecule has 1 amide bonds. The average Bonchev–Trinajstić information content (AvgIpc) is 2.48. The second-order valence-electron chi connectivity index (χ2n) is 5.80. The fraction of sp³-hybridized carbons (Fsp3) is 0.667. The number of hydrogen-bond donors (Lipinski definition) is 1. The smallest absolute Gasteiger partial charge is 0.223 e. The molecule has 1 saturated heterocycles. The first kappa shape index (κ1) is 14.8. The van der Waals surface area contributed by atoms with Gasteiger partial charge in [0.2, 0.25) is 5.91 Å². The first-order chi connectivity index (χ1) is 9.66. The quantitative estimate of drug-likeness (QED) is 0.891. The Morgan fingerprint density at radius 1 is 1.40 bits per heavy atom. The summed E-state index contributed by atoms with van der Waals surface area (Å²) in [7, 11) is 0. The minimum Gasteiger partial charge on any atom is -0.356 e. The molecule has 1 fully saturated rings. The van der Waals surface area contributed by atoms with Crippen molar-refractivity contribution in [2.45, 2.75) is 33.1 Å². The van der Waals surface area contributed by atoms with Crippen molar-refractivity contribution in [1.82, 2.24) is 15.3 Å². The predicted octanol–water partition coefficient (Wildman–Crippen LogP) is 1.86. The lowest BCUT2D eigenvalue weighted by Gasteiger charge is -2.31. The molecule has 5 nitrogen and oxygen atoms in total. The zero-order valence-corrected chi connectivity index (χ0v) is 12.4. The number of amides is 1. The molecule has 0 bridgehead atoms. The second-order valence-corrected chi connectivity index (χ2v) is 5.80. The summed E-state index contributed by atoms with van der Waals surface area (Å²) in [6, 6.07) is 0. The highest BCUT2D eigenvalue weighted by Crippen LogP contribution is 2.21. The van der Waals surface area contributed by atoms with Gasteiger partial charge in [-0.05, 0) is 25.2 Å². The Morgan fingerprint density at radius 3 is 2.75 bits per heavy atom. The molecule has 0 spiro atoms. The van der Waals surface area contributed by atoms with Crippen LogP contribution in [0.25, 0.3) is 0 Å². The standard InChI is InChI=1S/C15H24N4O/c1-12(2)3-6-18-15(20)13-4-9-19(10-5-13)14-11-16-7-8-17-14/h7-8,11-13H,3-6,9-10H2,1-2H3,(H,18,20). The van der Waals surface area contributed by atoms with Crippen LogP contribution in [0, 0.1) is 11.8 Å². The van der Waals surface area contributed by atoms with Gasteiger partial charge in [-0.25, -0.2) is 4.98 Å². The molecule has 2 heterocycles. The van der Waals surface area contributed by atoms with Gasteiger partial charge in [0, 0.05) is 37.9 Å². The van der Waals surface area contributed by atoms with Crippen molar-refractivity contribution in [3.05, 3.63) is 18.6 Å². The number of anilines is 1. The third-order valence-electron chi connectivity index (χ3n) is 3.76. The minimum absolute atomic E-state index is 0.148. The number of nitrogens with zero attached hydrogens (tertiary/aromatic N) is 3. The summed E-state index contributed by atoms with van der Waals surface area (Å²) < 4.78 is 0. The Balaban J connectivity index is 1.75. The van der Waals surface area contributed by atoms with Crippen LogP contribution < -0.4 is 10.2 Å². The Labute approximate surface area is 120 Å². The van der Waals surface area contributed by atoms with E-state index >= 15 is 0 Å². The maximum atomic E-state index is 12.1. The van der Waals surface area contributed by atoms with Gasteiger partial charge in [0.15, 0.2) is 0 Å². The average molecular weight is 276 g/mol. The van der Waals surface area contributed by atoms with Gasteiger partial charge in [-0.2, -0.15) is 0 Å². The summed E-state index contributed by atoms with van der Waals surface area (Å²) in [4.78, 5) is 22.7. The minimum atomic E-state index is 0.148. The van der Waals surface area contributed by atoms with Crippen LogP contribution in [0.2, 0.25) is 0 Å². The fourth-order valence-electron chi connectivity index (χ4n) is 2.45. The first-order valence-corrected chi connectivity index (χ1v) is 7.45. The highest BCUT2D eigenvalue weighted by atomic mass is 16.1. The molecular weight excluding hydrogens is 252 g/mol. The molecule has 1 aliphatic rings. The zero-order chi connectivity index (χ0) is 14.4. The van der Waals surface area contributed by atoms with Gasteiger partial charge in [0.05, 0.1) is 6.20 Å². The normalized spacial score (nSPS) is 16.4. The van der Waals surface area contributed by atoms with Crippen LogP contribution >= 0.6 is 0 Å². The molecule has 0 aliphatic carbocycles. The van der Waals surface area contributed by atoms with E-state index in [0.29, 0.717) is 5.92 Å². The van der Waals surface area contributed by atoms with E-state index in [1.807, 2.05) is 0 Å². The number of nitrogens with one attached hydrogen (secondary N) is 1. The monoisotopic (exact) mass is 276 g/mol. The van der Waals surface area contributed by atoms with Crippen molar-refractivity contribution < 1.29 is 4.79 Å². The van der Waals surface area contributed by atoms with E-state index in [2.05, 4.69) is 34.0 Å². The molecule has 5 heteroatoms. The SMILES string of the molecule is CC(C)CCNC(=O)C1CCN(c2cnccn2)CC1. The van der Waals surface area contributed by atoms with Gasteiger partial charge in [-0.1, -0.05) is 13.8 Å². The summed E-state index contributed by atoms with van der Waals surface area (Å²) in [5.74, 6) is 1.90. The largest absolute Gasteiger partial charge is 0.356 e. The van der Waals surface area contributed by atoms with E-state index in [9.17, 15) is 4.79 Å². The van der Waals surface area contributed by atoms with Gasteiger partial charge in [0.1, 0.15) is 5.82 Å². The van der Waals surface area contributed by atoms with Crippen LogP contribution in [-0.4, -0.2) is 35.5 Å². The second kappa shape index (κ2) is 7.22. The van der Waals surface area contributed by atoms with Crippen molar-refractivity contribution in [2.24, 2.45) is 11.8 Å². The maximum Gasteiger partial charge on any atom is 0.223 e. The number of aromatic nitrogens is 2. The maximum absolute atomic E-state index is 12.1. The summed E-state index contributed by atoms with van der Waals surface area (Å²) >= 11 is 0. The van der Waals surface area contributed by atoms with Crippen molar-refractivity contribution in [1.29, 1.82) is 0 Å². The Kier molecular flexibility index (Phi) is 5.32. The van der Waals surface area contributed by atoms with Crippen LogP contribution in [0.4, 0.5) is 5.82 Å². The molecular formula is C15H24N4O. The van der Waals surface area contributed by atoms with Crippen LogP contribution in [-0.2, 0) is 4.79 Å². The van der Waals surface area contributed by atoms with E-state index in [1.165, 1.54) is 0 Å². The lowest BCUT2D eigenvalue weighted by molar-refractivity contribution is -0.125. The molecule has 20 heavy (non-hydrogen) atoms. The molecule has 1 N–H and O–H groups in total. The molecule has 1 aromatic heterocycles. The molecule has 0 aromatic carbocycles. The number of piperidine rings is 1. The molecule has 0 saturated carbocycles. The van der Waals surface area contributed by atoms with Gasteiger partial charge in [-0.15, -0.1) is 0 Å². The Bertz CT molecular complexity index is 413. The summed E-state index contributed by atoms with van der Waals surface area (Å²) in [6.07, 6.45) is 8.00. The topological polar surface area (TPSA) is 58.1 Å². The number of carbonyl (C=O) groups excluding carboxylic acids is 1. The van der Waals surface area contributed by atoms with Crippen LogP contribution in [0.3, 0.4) is 0 Å². The lowest BCUT2D eigenvalue weighted by Crippen LogP contribution is -2.41. The number of rotatable bonds is 5. The summed E-state index contributed by atoms with van der Waals surface area (Å²) in [5.41, 5.74) is 0. The molecule has 110 valence electrons. The van der Waals surface area contributed by atoms with Gasteiger partial charge in [0.25, 0.3) is 0 Å². The highest BCUT2D eigenvalue weighted by Gasteiger charge is 2.25. The molecule has 1 aromatic rings. The van der Waals surface area contributed by atoms with E-state index in [1.54, 1.807) is 18.6 Å². The molecule has 0 atom stereocenters. The zero-order valence-electron chi connectivity index (χ0n) is 12.4. The van der Waals surface area contributed by atoms with Crippen LogP contribution in [0.1, 0.15) is 33.1 Å². The van der Waals surface area contributed by atoms with Crippen LogP contribution in [0.15, 0.2) is 18.6 Å². The summed E-state index contributed by atoms with van der Waals surface area (Å²) in [6.45, 7) is 6.89. The van der Waals surface area contributed by atoms with Crippen molar-refractivity contribution in [3.8, 4) is 0 Å². The van der Waals surface area contributed by atoms with Gasteiger partial charge >= 0.3 is 0 Å². The van der Waals surface area contributed by atoms with Gasteiger partial charge in [-0.3, -0.25) is 9.78 Å². The lowest BCUT2D eigenvalue weighted by atomic mass is 9.96. The third kappa shape index (κ3) is 4.18. The van der Waals surface area contributed by atoms with E-state index in [0.717, 1.165) is 44.7 Å². The Morgan fingerprint density at radius 2 is 2.15 bits per heavy atom. The molecule has 0 unspecified atom stereocenters. The van der Waals surface area contributed by atoms with Crippen molar-refractivity contribution in [3.63, 3.8) is 0 Å². The van der Waals surface area contributed by atoms with Crippen molar-refractivity contribution >= 4 is 11.7 Å². The first-order valence-electron chi connectivity index (χ1n) is 7.45. The van der Waals surface area contributed by atoms with Gasteiger partial charge < -0.3 is 10.2 Å². The third-order valence-corrected chi connectivity index (χ3v) is 3.76. The molecule has 2 rings (SSSR count). The Hall–Kier alpha value is -1.65.